The summed E-state index contributed by atoms with van der Waals surface area (Å²) in [7, 11) is 0. The Hall–Kier alpha value is -1.33. The van der Waals surface area contributed by atoms with Crippen molar-refractivity contribution < 1.29 is 18.0 Å². The molecule has 0 aromatic carbocycles. The summed E-state index contributed by atoms with van der Waals surface area (Å²) in [6.45, 7) is 2.95. The van der Waals surface area contributed by atoms with Crippen molar-refractivity contribution in [2.45, 2.75) is 26.1 Å². The Morgan fingerprint density at radius 3 is 2.50 bits per heavy atom. The summed E-state index contributed by atoms with van der Waals surface area (Å²) >= 11 is 0. The van der Waals surface area contributed by atoms with E-state index in [1.165, 1.54) is 13.8 Å². The van der Waals surface area contributed by atoms with Crippen molar-refractivity contribution in [1.82, 2.24) is 9.78 Å². The number of nitrogens with zero attached hydrogens (tertiary/aromatic N) is 2. The van der Waals surface area contributed by atoms with E-state index in [-0.39, 0.29) is 0 Å². The molecule has 78 valence electrons. The van der Waals surface area contributed by atoms with Gasteiger partial charge in [0.25, 0.3) is 0 Å². The fourth-order valence-electron chi connectivity index (χ4n) is 1.10. The maximum atomic E-state index is 12.2. The highest BCUT2D eigenvalue weighted by atomic mass is 19.4. The van der Waals surface area contributed by atoms with E-state index in [4.69, 9.17) is 0 Å². The van der Waals surface area contributed by atoms with Gasteiger partial charge >= 0.3 is 6.18 Å². The molecule has 1 aromatic rings. The maximum absolute atomic E-state index is 12.2. The lowest BCUT2D eigenvalue weighted by Gasteiger charge is -2.06. The van der Waals surface area contributed by atoms with Crippen molar-refractivity contribution in [3.63, 3.8) is 0 Å². The van der Waals surface area contributed by atoms with Crippen LogP contribution in [0.15, 0.2) is 6.07 Å². The van der Waals surface area contributed by atoms with E-state index >= 15 is 0 Å². The Labute approximate surface area is 78.5 Å². The predicted octanol–water partition coefficient (Wildman–Crippen LogP) is 1.97. The molecule has 0 bridgehead atoms. The third kappa shape index (κ3) is 1.94. The van der Waals surface area contributed by atoms with Crippen LogP contribution >= 0.6 is 0 Å². The SMILES string of the molecule is Cc1cc(C(F)(F)F)nn1C(C)C=O. The van der Waals surface area contributed by atoms with Gasteiger partial charge in [0.1, 0.15) is 12.3 Å². The summed E-state index contributed by atoms with van der Waals surface area (Å²) in [4.78, 5) is 10.4. The second-order valence-electron chi connectivity index (χ2n) is 2.99. The molecule has 1 rings (SSSR count). The first-order chi connectivity index (χ1) is 6.36. The van der Waals surface area contributed by atoms with Crippen LogP contribution < -0.4 is 0 Å². The van der Waals surface area contributed by atoms with Gasteiger partial charge in [0.2, 0.25) is 0 Å². The van der Waals surface area contributed by atoms with E-state index < -0.39 is 17.9 Å². The minimum Gasteiger partial charge on any atom is -0.301 e. The fourth-order valence-corrected chi connectivity index (χ4v) is 1.10. The van der Waals surface area contributed by atoms with Crippen molar-refractivity contribution >= 4 is 6.29 Å². The Balaban J connectivity index is 3.11. The zero-order chi connectivity index (χ0) is 10.9. The lowest BCUT2D eigenvalue weighted by Crippen LogP contribution is -2.12. The number of carbonyl (C=O) groups excluding carboxylic acids is 1. The molecule has 0 amide bonds. The van der Waals surface area contributed by atoms with Gasteiger partial charge in [0, 0.05) is 5.69 Å². The molecular weight excluding hydrogens is 197 g/mol. The Morgan fingerprint density at radius 1 is 1.57 bits per heavy atom. The third-order valence-electron chi connectivity index (χ3n) is 1.80. The quantitative estimate of drug-likeness (QED) is 0.693. The van der Waals surface area contributed by atoms with Crippen molar-refractivity contribution in [2.24, 2.45) is 0 Å². The molecule has 6 heteroatoms. The predicted molar refractivity (Wildman–Crippen MR) is 42.7 cm³/mol. The van der Waals surface area contributed by atoms with Crippen LogP contribution in [0.4, 0.5) is 13.2 Å². The molecule has 1 unspecified atom stereocenters. The van der Waals surface area contributed by atoms with Gasteiger partial charge in [-0.25, -0.2) is 0 Å². The van der Waals surface area contributed by atoms with Gasteiger partial charge in [0.15, 0.2) is 5.69 Å². The topological polar surface area (TPSA) is 34.9 Å². The highest BCUT2D eigenvalue weighted by Crippen LogP contribution is 2.28. The van der Waals surface area contributed by atoms with Gasteiger partial charge in [-0.15, -0.1) is 0 Å². The molecule has 1 heterocycles. The smallest absolute Gasteiger partial charge is 0.301 e. The van der Waals surface area contributed by atoms with Gasteiger partial charge in [-0.3, -0.25) is 4.68 Å². The van der Waals surface area contributed by atoms with E-state index in [9.17, 15) is 18.0 Å². The Kier molecular flexibility index (Phi) is 2.64. The molecule has 0 aliphatic rings. The van der Waals surface area contributed by atoms with E-state index in [1.807, 2.05) is 0 Å². The van der Waals surface area contributed by atoms with Crippen LogP contribution in [-0.2, 0) is 11.0 Å². The van der Waals surface area contributed by atoms with E-state index in [2.05, 4.69) is 5.10 Å². The molecule has 0 saturated heterocycles. The maximum Gasteiger partial charge on any atom is 0.435 e. The van der Waals surface area contributed by atoms with E-state index in [0.29, 0.717) is 12.0 Å². The summed E-state index contributed by atoms with van der Waals surface area (Å²) in [6.07, 6.45) is -3.92. The highest BCUT2D eigenvalue weighted by molar-refractivity contribution is 5.55. The molecule has 0 aliphatic heterocycles. The lowest BCUT2D eigenvalue weighted by molar-refractivity contribution is -0.141. The summed E-state index contributed by atoms with van der Waals surface area (Å²) in [5.41, 5.74) is -0.652. The van der Waals surface area contributed by atoms with Crippen LogP contribution in [-0.4, -0.2) is 16.1 Å². The van der Waals surface area contributed by atoms with Gasteiger partial charge < -0.3 is 4.79 Å². The van der Waals surface area contributed by atoms with Gasteiger partial charge in [-0.1, -0.05) is 0 Å². The average molecular weight is 206 g/mol. The number of halogens is 3. The Bertz CT molecular complexity index is 343. The van der Waals surface area contributed by atoms with Crippen LogP contribution in [0.3, 0.4) is 0 Å². The molecule has 0 fully saturated rings. The number of aryl methyl sites for hydroxylation is 1. The van der Waals surface area contributed by atoms with E-state index in [0.717, 1.165) is 10.7 Å². The van der Waals surface area contributed by atoms with Crippen LogP contribution in [0.25, 0.3) is 0 Å². The first-order valence-corrected chi connectivity index (χ1v) is 3.95. The van der Waals surface area contributed by atoms with Crippen LogP contribution in [0.5, 0.6) is 0 Å². The first kappa shape index (κ1) is 10.7. The van der Waals surface area contributed by atoms with Crippen LogP contribution in [0, 0.1) is 6.92 Å². The number of hydrogen-bond acceptors (Lipinski definition) is 2. The minimum atomic E-state index is -4.46. The zero-order valence-corrected chi connectivity index (χ0v) is 7.67. The molecule has 0 aliphatic carbocycles. The summed E-state index contributed by atoms with van der Waals surface area (Å²) < 4.78 is 37.6. The lowest BCUT2D eigenvalue weighted by atomic mass is 10.3. The van der Waals surface area contributed by atoms with Crippen molar-refractivity contribution in [2.75, 3.05) is 0 Å². The number of aldehydes is 1. The second kappa shape index (κ2) is 3.43. The number of alkyl halides is 3. The van der Waals surface area contributed by atoms with Crippen molar-refractivity contribution in [1.29, 1.82) is 0 Å². The monoisotopic (exact) mass is 206 g/mol. The molecule has 1 aromatic heterocycles. The number of aromatic nitrogens is 2. The van der Waals surface area contributed by atoms with Gasteiger partial charge in [0.05, 0.1) is 0 Å². The first-order valence-electron chi connectivity index (χ1n) is 3.95. The Morgan fingerprint density at radius 2 is 2.14 bits per heavy atom. The minimum absolute atomic E-state index is 0.317. The molecular formula is C8H9F3N2O. The highest BCUT2D eigenvalue weighted by Gasteiger charge is 2.34. The number of carbonyl (C=O) groups is 1. The summed E-state index contributed by atoms with van der Waals surface area (Å²) in [5, 5.41) is 3.31. The largest absolute Gasteiger partial charge is 0.435 e. The number of rotatable bonds is 2. The van der Waals surface area contributed by atoms with Gasteiger partial charge in [-0.2, -0.15) is 18.3 Å². The third-order valence-corrected chi connectivity index (χ3v) is 1.80. The van der Waals surface area contributed by atoms with Crippen LogP contribution in [0.2, 0.25) is 0 Å². The summed E-state index contributed by atoms with van der Waals surface area (Å²) in [5.74, 6) is 0. The number of hydrogen-bond donors (Lipinski definition) is 0. The molecule has 3 nitrogen and oxygen atoms in total. The summed E-state index contributed by atoms with van der Waals surface area (Å²) in [6, 6.07) is 0.242. The molecule has 14 heavy (non-hydrogen) atoms. The normalized spacial score (nSPS) is 14.1. The van der Waals surface area contributed by atoms with E-state index in [1.54, 1.807) is 0 Å². The van der Waals surface area contributed by atoms with Crippen molar-refractivity contribution in [3.05, 3.63) is 17.5 Å². The fraction of sp³-hybridized carbons (Fsp3) is 0.500. The standard InChI is InChI=1S/C8H9F3N2O/c1-5-3-7(8(9,10)11)12-13(5)6(2)4-14/h3-4,6H,1-2H3. The second-order valence-corrected chi connectivity index (χ2v) is 2.99. The molecule has 0 saturated carbocycles. The molecule has 1 atom stereocenters. The van der Waals surface area contributed by atoms with Gasteiger partial charge in [-0.05, 0) is 19.9 Å². The average Bonchev–Trinajstić information content (AvgIpc) is 2.45. The molecule has 0 spiro atoms. The van der Waals surface area contributed by atoms with Crippen LogP contribution in [0.1, 0.15) is 24.4 Å². The zero-order valence-electron chi connectivity index (χ0n) is 7.67. The molecule has 0 radical (unpaired) electrons. The van der Waals surface area contributed by atoms with Crippen molar-refractivity contribution in [3.8, 4) is 0 Å². The molecule has 0 N–H and O–H groups in total.